The molecule has 2 aliphatic rings. The van der Waals surface area contributed by atoms with E-state index in [1.54, 1.807) is 9.80 Å². The lowest BCUT2D eigenvalue weighted by Crippen LogP contribution is -2.50. The molecule has 3 aromatic rings. The second-order valence-corrected chi connectivity index (χ2v) is 8.51. The number of carbonyl (C=O) groups excluding carboxylic acids is 1. The Labute approximate surface area is 192 Å². The van der Waals surface area contributed by atoms with E-state index in [0.29, 0.717) is 38.4 Å². The summed E-state index contributed by atoms with van der Waals surface area (Å²) in [5, 5.41) is 10.3. The maximum Gasteiger partial charge on any atom is 0.417 e. The lowest BCUT2D eigenvalue weighted by Gasteiger charge is -2.35. The molecule has 5 rings (SSSR count). The molecular weight excluding hydrogens is 451 g/mol. The van der Waals surface area contributed by atoms with Gasteiger partial charge in [0.1, 0.15) is 5.82 Å². The highest BCUT2D eigenvalue weighted by atomic mass is 19.4. The van der Waals surface area contributed by atoms with Gasteiger partial charge in [0, 0.05) is 61.6 Å². The van der Waals surface area contributed by atoms with Crippen LogP contribution in [-0.4, -0.2) is 57.7 Å². The number of amides is 2. The zero-order valence-corrected chi connectivity index (χ0v) is 18.3. The predicted octanol–water partition coefficient (Wildman–Crippen LogP) is 3.48. The second kappa shape index (κ2) is 7.93. The van der Waals surface area contributed by atoms with Crippen LogP contribution in [0.4, 0.5) is 29.5 Å². The Morgan fingerprint density at radius 3 is 2.53 bits per heavy atom. The van der Waals surface area contributed by atoms with Crippen molar-refractivity contribution in [2.45, 2.75) is 19.1 Å². The molecule has 0 bridgehead atoms. The van der Waals surface area contributed by atoms with Gasteiger partial charge in [-0.15, -0.1) is 0 Å². The molecule has 0 aliphatic carbocycles. The summed E-state index contributed by atoms with van der Waals surface area (Å²) < 4.78 is 40.4. The highest BCUT2D eigenvalue weighted by molar-refractivity contribution is 6.00. The van der Waals surface area contributed by atoms with Gasteiger partial charge in [-0.2, -0.15) is 13.2 Å². The van der Waals surface area contributed by atoms with Gasteiger partial charge in [0.05, 0.1) is 24.2 Å². The third-order valence-electron chi connectivity index (χ3n) is 6.59. The first-order valence-electron chi connectivity index (χ1n) is 10.8. The molecule has 2 aliphatic heterocycles. The topological polar surface area (TPSA) is 81.9 Å². The van der Waals surface area contributed by atoms with Gasteiger partial charge in [-0.05, 0) is 24.3 Å². The van der Waals surface area contributed by atoms with Crippen molar-refractivity contribution in [1.82, 2.24) is 14.5 Å². The van der Waals surface area contributed by atoms with Gasteiger partial charge in [0.25, 0.3) is 0 Å². The number of aryl methyl sites for hydroxylation is 1. The highest BCUT2D eigenvalue weighted by Gasteiger charge is 2.32. The zero-order chi connectivity index (χ0) is 24.2. The van der Waals surface area contributed by atoms with Crippen molar-refractivity contribution in [3.8, 4) is 0 Å². The number of fused-ring (bicyclic) bond motifs is 3. The van der Waals surface area contributed by atoms with Crippen LogP contribution in [0, 0.1) is 0 Å². The van der Waals surface area contributed by atoms with Gasteiger partial charge in [-0.25, -0.2) is 9.78 Å². The zero-order valence-electron chi connectivity index (χ0n) is 18.3. The lowest BCUT2D eigenvalue weighted by atomic mass is 10.0. The number of hydrogen-bond acceptors (Lipinski definition) is 4. The number of benzene rings is 1. The molecule has 0 atom stereocenters. The van der Waals surface area contributed by atoms with Crippen molar-refractivity contribution in [2.24, 2.45) is 7.05 Å². The Morgan fingerprint density at radius 2 is 1.88 bits per heavy atom. The summed E-state index contributed by atoms with van der Waals surface area (Å²) in [7, 11) is 1.94. The number of carbonyl (C=O) groups is 2. The van der Waals surface area contributed by atoms with Crippen molar-refractivity contribution >= 4 is 34.4 Å². The van der Waals surface area contributed by atoms with Crippen LogP contribution in [-0.2, 0) is 31.0 Å². The lowest BCUT2D eigenvalue weighted by molar-refractivity contribution is -0.137. The number of anilines is 2. The highest BCUT2D eigenvalue weighted by Crippen LogP contribution is 2.34. The van der Waals surface area contributed by atoms with Crippen molar-refractivity contribution in [3.63, 3.8) is 0 Å². The number of hydrogen-bond donors (Lipinski definition) is 1. The first-order chi connectivity index (χ1) is 16.1. The molecule has 0 unspecified atom stereocenters. The fourth-order valence-electron chi connectivity index (χ4n) is 4.78. The number of carboxylic acid groups (broad SMARTS) is 1. The molecule has 4 heterocycles. The molecule has 0 radical (unpaired) electrons. The number of rotatable bonds is 2. The van der Waals surface area contributed by atoms with E-state index in [-0.39, 0.29) is 12.5 Å². The number of halogens is 3. The molecule has 0 saturated carbocycles. The monoisotopic (exact) mass is 473 g/mol. The minimum atomic E-state index is -4.46. The third kappa shape index (κ3) is 3.70. The van der Waals surface area contributed by atoms with E-state index in [1.807, 2.05) is 25.2 Å². The van der Waals surface area contributed by atoms with E-state index < -0.39 is 17.8 Å². The predicted molar refractivity (Wildman–Crippen MR) is 119 cm³/mol. The average molecular weight is 473 g/mol. The third-order valence-corrected chi connectivity index (χ3v) is 6.59. The van der Waals surface area contributed by atoms with E-state index in [1.165, 1.54) is 11.0 Å². The van der Waals surface area contributed by atoms with Crippen LogP contribution in [0.25, 0.3) is 10.9 Å². The van der Waals surface area contributed by atoms with Gasteiger partial charge in [-0.1, -0.05) is 6.07 Å². The van der Waals surface area contributed by atoms with Gasteiger partial charge >= 0.3 is 12.3 Å². The van der Waals surface area contributed by atoms with E-state index >= 15 is 0 Å². The average Bonchev–Trinajstić information content (AvgIpc) is 3.09. The second-order valence-electron chi connectivity index (χ2n) is 8.51. The summed E-state index contributed by atoms with van der Waals surface area (Å²) in [6.45, 7) is 1.58. The fourth-order valence-corrected chi connectivity index (χ4v) is 4.78. The number of aromatic nitrogens is 2. The smallest absolute Gasteiger partial charge is 0.417 e. The molecule has 178 valence electrons. The van der Waals surface area contributed by atoms with Crippen LogP contribution in [0.3, 0.4) is 0 Å². The van der Waals surface area contributed by atoms with E-state index in [2.05, 4.69) is 9.55 Å². The van der Waals surface area contributed by atoms with Crippen LogP contribution < -0.4 is 9.80 Å². The molecule has 2 aromatic heterocycles. The molecule has 1 aromatic carbocycles. The van der Waals surface area contributed by atoms with Crippen molar-refractivity contribution in [1.29, 1.82) is 0 Å². The number of pyridine rings is 1. The standard InChI is InChI=1S/C23H22F3N5O3/c1-28-18-6-7-30(22(33)34)12-17(18)16-4-3-15(10-19(16)28)31-9-8-29(13-21(31)32)20-5-2-14(11-27-20)23(24,25)26/h2-5,10-11H,6-9,12-13H2,1H3,(H,33,34). The van der Waals surface area contributed by atoms with Gasteiger partial charge in [0.2, 0.25) is 5.91 Å². The van der Waals surface area contributed by atoms with Crippen molar-refractivity contribution in [3.05, 3.63) is 53.3 Å². The normalized spacial score (nSPS) is 16.8. The fraction of sp³-hybridized carbons (Fsp3) is 0.348. The van der Waals surface area contributed by atoms with Crippen LogP contribution in [0.15, 0.2) is 36.5 Å². The van der Waals surface area contributed by atoms with Crippen LogP contribution in [0.2, 0.25) is 0 Å². The van der Waals surface area contributed by atoms with Crippen molar-refractivity contribution < 1.29 is 27.9 Å². The molecule has 0 spiro atoms. The van der Waals surface area contributed by atoms with Gasteiger partial charge in [-0.3, -0.25) is 4.79 Å². The minimum Gasteiger partial charge on any atom is -0.465 e. The van der Waals surface area contributed by atoms with E-state index in [4.69, 9.17) is 0 Å². The molecular formula is C23H22F3N5O3. The Bertz CT molecular complexity index is 1290. The number of piperazine rings is 1. The Morgan fingerprint density at radius 1 is 1.09 bits per heavy atom. The molecule has 2 amide bonds. The molecule has 11 heteroatoms. The summed E-state index contributed by atoms with van der Waals surface area (Å²) in [5.41, 5.74) is 2.91. The Balaban J connectivity index is 1.36. The minimum absolute atomic E-state index is 0.00755. The maximum atomic E-state index is 12.9. The van der Waals surface area contributed by atoms with E-state index in [9.17, 15) is 27.9 Å². The van der Waals surface area contributed by atoms with Crippen LogP contribution >= 0.6 is 0 Å². The van der Waals surface area contributed by atoms with Crippen molar-refractivity contribution in [2.75, 3.05) is 36.0 Å². The quantitative estimate of drug-likeness (QED) is 0.617. The van der Waals surface area contributed by atoms with Crippen LogP contribution in [0.1, 0.15) is 16.8 Å². The number of nitrogens with zero attached hydrogens (tertiary/aromatic N) is 5. The molecule has 1 saturated heterocycles. The summed E-state index contributed by atoms with van der Waals surface area (Å²) >= 11 is 0. The Kier molecular flexibility index (Phi) is 5.14. The van der Waals surface area contributed by atoms with E-state index in [0.717, 1.165) is 40.1 Å². The van der Waals surface area contributed by atoms with Gasteiger partial charge in [0.15, 0.2) is 0 Å². The Hall–Kier alpha value is -3.76. The summed E-state index contributed by atoms with van der Waals surface area (Å²) in [5.74, 6) is 0.151. The summed E-state index contributed by atoms with van der Waals surface area (Å²) in [6.07, 6.45) is -3.99. The summed E-state index contributed by atoms with van der Waals surface area (Å²) in [4.78, 5) is 33.0. The molecule has 34 heavy (non-hydrogen) atoms. The molecule has 8 nitrogen and oxygen atoms in total. The van der Waals surface area contributed by atoms with Gasteiger partial charge < -0.3 is 24.4 Å². The van der Waals surface area contributed by atoms with Crippen LogP contribution in [0.5, 0.6) is 0 Å². The first-order valence-corrected chi connectivity index (χ1v) is 10.8. The molecule has 1 fully saturated rings. The summed E-state index contributed by atoms with van der Waals surface area (Å²) in [6, 6.07) is 7.96. The SMILES string of the molecule is Cn1c2c(c3ccc(N4CCN(c5ccc(C(F)(F)F)cn5)CC4=O)cc31)CN(C(=O)O)CC2. The first kappa shape index (κ1) is 22.1. The number of alkyl halides is 3. The largest absolute Gasteiger partial charge is 0.465 e. The maximum absolute atomic E-state index is 12.9. The molecule has 1 N–H and O–H groups in total.